The van der Waals surface area contributed by atoms with Crippen LogP contribution in [0.4, 0.5) is 5.88 Å². The molecule has 0 N–H and O–H groups in total. The quantitative estimate of drug-likeness (QED) is 0.621. The van der Waals surface area contributed by atoms with Gasteiger partial charge in [0.2, 0.25) is 11.8 Å². The lowest BCUT2D eigenvalue weighted by molar-refractivity contribution is -0.132. The molecule has 0 aliphatic heterocycles. The van der Waals surface area contributed by atoms with Crippen LogP contribution in [0.2, 0.25) is 0 Å². The highest BCUT2D eigenvalue weighted by atomic mass is 16.5. The highest BCUT2D eigenvalue weighted by Gasteiger charge is 2.28. The normalized spacial score (nSPS) is 14.7. The van der Waals surface area contributed by atoms with Crippen molar-refractivity contribution in [1.82, 2.24) is 10.1 Å². The SMILES string of the molecule is CCC(=O)N(CCOC)Cc1c(-c2ccccc2)noc1N(C)C1CCCCC1. The van der Waals surface area contributed by atoms with E-state index in [1.54, 1.807) is 7.11 Å². The van der Waals surface area contributed by atoms with Gasteiger partial charge in [0.1, 0.15) is 5.69 Å². The third-order valence-corrected chi connectivity index (χ3v) is 5.83. The molecule has 29 heavy (non-hydrogen) atoms. The Morgan fingerprint density at radius 1 is 1.21 bits per heavy atom. The number of benzene rings is 1. The van der Waals surface area contributed by atoms with Gasteiger partial charge >= 0.3 is 0 Å². The Hall–Kier alpha value is -2.34. The maximum Gasteiger partial charge on any atom is 0.232 e. The molecule has 1 aliphatic rings. The van der Waals surface area contributed by atoms with Gasteiger partial charge in [-0.2, -0.15) is 0 Å². The van der Waals surface area contributed by atoms with Crippen molar-refractivity contribution < 1.29 is 14.1 Å². The van der Waals surface area contributed by atoms with Crippen LogP contribution in [0.25, 0.3) is 11.3 Å². The number of amides is 1. The molecular weight excluding hydrogens is 366 g/mol. The van der Waals surface area contributed by atoms with Crippen molar-refractivity contribution in [2.45, 2.75) is 58.0 Å². The molecule has 1 heterocycles. The molecule has 0 atom stereocenters. The van der Waals surface area contributed by atoms with E-state index in [2.05, 4.69) is 17.1 Å². The first-order valence-electron chi connectivity index (χ1n) is 10.7. The van der Waals surface area contributed by atoms with E-state index in [0.29, 0.717) is 32.2 Å². The van der Waals surface area contributed by atoms with Crippen LogP contribution >= 0.6 is 0 Å². The molecule has 6 heteroatoms. The van der Waals surface area contributed by atoms with Gasteiger partial charge in [0.25, 0.3) is 0 Å². The van der Waals surface area contributed by atoms with Gasteiger partial charge in [0, 0.05) is 38.7 Å². The summed E-state index contributed by atoms with van der Waals surface area (Å²) in [5, 5.41) is 4.43. The van der Waals surface area contributed by atoms with Gasteiger partial charge < -0.3 is 19.1 Å². The van der Waals surface area contributed by atoms with Crippen LogP contribution in [0.3, 0.4) is 0 Å². The molecule has 1 fully saturated rings. The van der Waals surface area contributed by atoms with Crippen molar-refractivity contribution in [3.05, 3.63) is 35.9 Å². The first kappa shape index (κ1) is 21.4. The predicted molar refractivity (Wildman–Crippen MR) is 115 cm³/mol. The number of carbonyl (C=O) groups excluding carboxylic acids is 1. The van der Waals surface area contributed by atoms with Gasteiger partial charge in [0.15, 0.2) is 0 Å². The molecule has 2 aromatic rings. The Labute approximate surface area is 173 Å². The molecule has 0 bridgehead atoms. The second kappa shape index (κ2) is 10.4. The average molecular weight is 400 g/mol. The lowest BCUT2D eigenvalue weighted by Gasteiger charge is -2.32. The van der Waals surface area contributed by atoms with Gasteiger partial charge in [-0.25, -0.2) is 0 Å². The largest absolute Gasteiger partial charge is 0.383 e. The molecule has 0 unspecified atom stereocenters. The second-order valence-corrected chi connectivity index (χ2v) is 7.75. The molecule has 1 aromatic carbocycles. The zero-order chi connectivity index (χ0) is 20.6. The van der Waals surface area contributed by atoms with Gasteiger partial charge in [-0.1, -0.05) is 61.7 Å². The number of carbonyl (C=O) groups is 1. The highest BCUT2D eigenvalue weighted by molar-refractivity contribution is 5.77. The van der Waals surface area contributed by atoms with E-state index in [-0.39, 0.29) is 5.91 Å². The fourth-order valence-corrected chi connectivity index (χ4v) is 4.09. The van der Waals surface area contributed by atoms with E-state index in [9.17, 15) is 4.79 Å². The van der Waals surface area contributed by atoms with Gasteiger partial charge in [0.05, 0.1) is 18.7 Å². The molecule has 1 aliphatic carbocycles. The topological polar surface area (TPSA) is 58.8 Å². The fourth-order valence-electron chi connectivity index (χ4n) is 4.09. The van der Waals surface area contributed by atoms with Crippen LogP contribution in [0.1, 0.15) is 51.0 Å². The number of rotatable bonds is 9. The number of hydrogen-bond donors (Lipinski definition) is 0. The lowest BCUT2D eigenvalue weighted by atomic mass is 9.94. The minimum absolute atomic E-state index is 0.105. The Morgan fingerprint density at radius 3 is 2.59 bits per heavy atom. The minimum Gasteiger partial charge on any atom is -0.383 e. The van der Waals surface area contributed by atoms with E-state index in [1.807, 2.05) is 42.2 Å². The van der Waals surface area contributed by atoms with E-state index in [0.717, 1.165) is 22.7 Å². The first-order chi connectivity index (χ1) is 14.2. The standard InChI is InChI=1S/C23H33N3O3/c1-4-21(27)26(15-16-28-3)17-20-22(18-11-7-5-8-12-18)24-29-23(20)25(2)19-13-9-6-10-14-19/h5,7-8,11-12,19H,4,6,9-10,13-17H2,1-3H3. The van der Waals surface area contributed by atoms with Crippen molar-refractivity contribution in [3.63, 3.8) is 0 Å². The summed E-state index contributed by atoms with van der Waals surface area (Å²) >= 11 is 0. The monoisotopic (exact) mass is 399 g/mol. The molecule has 0 spiro atoms. The molecule has 158 valence electrons. The van der Waals surface area contributed by atoms with E-state index >= 15 is 0 Å². The minimum atomic E-state index is 0.105. The van der Waals surface area contributed by atoms with Crippen molar-refractivity contribution in [3.8, 4) is 11.3 Å². The Balaban J connectivity index is 1.96. The van der Waals surface area contributed by atoms with Crippen LogP contribution in [0, 0.1) is 0 Å². The molecule has 3 rings (SSSR count). The number of methoxy groups -OCH3 is 1. The first-order valence-corrected chi connectivity index (χ1v) is 10.7. The van der Waals surface area contributed by atoms with Crippen LogP contribution in [-0.4, -0.2) is 49.3 Å². The Kier molecular flexibility index (Phi) is 7.69. The molecule has 1 saturated carbocycles. The zero-order valence-corrected chi connectivity index (χ0v) is 17.9. The van der Waals surface area contributed by atoms with Crippen molar-refractivity contribution in [2.75, 3.05) is 32.2 Å². The van der Waals surface area contributed by atoms with Gasteiger partial charge in [-0.15, -0.1) is 0 Å². The summed E-state index contributed by atoms with van der Waals surface area (Å²) in [6.07, 6.45) is 6.59. The number of hydrogen-bond acceptors (Lipinski definition) is 5. The summed E-state index contributed by atoms with van der Waals surface area (Å²) in [5.41, 5.74) is 2.79. The van der Waals surface area contributed by atoms with Gasteiger partial charge in [-0.05, 0) is 12.8 Å². The van der Waals surface area contributed by atoms with Gasteiger partial charge in [-0.3, -0.25) is 4.79 Å². The van der Waals surface area contributed by atoms with Crippen LogP contribution in [0.5, 0.6) is 0 Å². The summed E-state index contributed by atoms with van der Waals surface area (Å²) in [7, 11) is 3.75. The predicted octanol–water partition coefficient (Wildman–Crippen LogP) is 4.50. The lowest BCUT2D eigenvalue weighted by Crippen LogP contribution is -2.36. The Morgan fingerprint density at radius 2 is 1.93 bits per heavy atom. The molecular formula is C23H33N3O3. The third kappa shape index (κ3) is 5.18. The van der Waals surface area contributed by atoms with Crippen LogP contribution in [0.15, 0.2) is 34.9 Å². The zero-order valence-electron chi connectivity index (χ0n) is 17.9. The summed E-state index contributed by atoms with van der Waals surface area (Å²) in [4.78, 5) is 16.7. The number of anilines is 1. The second-order valence-electron chi connectivity index (χ2n) is 7.75. The smallest absolute Gasteiger partial charge is 0.232 e. The van der Waals surface area contributed by atoms with Crippen LogP contribution in [-0.2, 0) is 16.1 Å². The van der Waals surface area contributed by atoms with E-state index < -0.39 is 0 Å². The maximum atomic E-state index is 12.6. The summed E-state index contributed by atoms with van der Waals surface area (Å²) in [6, 6.07) is 10.5. The molecule has 0 radical (unpaired) electrons. The van der Waals surface area contributed by atoms with Crippen LogP contribution < -0.4 is 4.90 Å². The number of aromatic nitrogens is 1. The molecule has 6 nitrogen and oxygen atoms in total. The summed E-state index contributed by atoms with van der Waals surface area (Å²) < 4.78 is 11.1. The molecule has 1 aromatic heterocycles. The number of nitrogens with zero attached hydrogens (tertiary/aromatic N) is 3. The maximum absolute atomic E-state index is 12.6. The third-order valence-electron chi connectivity index (χ3n) is 5.83. The van der Waals surface area contributed by atoms with Crippen molar-refractivity contribution in [1.29, 1.82) is 0 Å². The number of ether oxygens (including phenoxy) is 1. The summed E-state index contributed by atoms with van der Waals surface area (Å²) in [6.45, 7) is 3.42. The van der Waals surface area contributed by atoms with E-state index in [4.69, 9.17) is 9.26 Å². The van der Waals surface area contributed by atoms with E-state index in [1.165, 1.54) is 32.1 Å². The molecule has 0 saturated heterocycles. The highest BCUT2D eigenvalue weighted by Crippen LogP contribution is 2.35. The van der Waals surface area contributed by atoms with Crippen molar-refractivity contribution >= 4 is 11.8 Å². The average Bonchev–Trinajstić information content (AvgIpc) is 3.20. The fraction of sp³-hybridized carbons (Fsp3) is 0.565. The Bertz CT molecular complexity index is 769. The summed E-state index contributed by atoms with van der Waals surface area (Å²) in [5.74, 6) is 0.885. The molecule has 1 amide bonds. The van der Waals surface area contributed by atoms with Crippen molar-refractivity contribution in [2.24, 2.45) is 0 Å².